The molecular formula is C20H20F2N6O2. The minimum absolute atomic E-state index is 0.0898. The van der Waals surface area contributed by atoms with Crippen LogP contribution in [0.3, 0.4) is 0 Å². The summed E-state index contributed by atoms with van der Waals surface area (Å²) in [6.45, 7) is 1.20. The summed E-state index contributed by atoms with van der Waals surface area (Å²) in [5, 5.41) is 4.25. The van der Waals surface area contributed by atoms with E-state index in [0.29, 0.717) is 24.2 Å². The monoisotopic (exact) mass is 414 g/mol. The molecule has 0 N–H and O–H groups in total. The Morgan fingerprint density at radius 2 is 2.10 bits per heavy atom. The van der Waals surface area contributed by atoms with Gasteiger partial charge >= 0.3 is 0 Å². The number of amides is 1. The number of ether oxygens (including phenoxy) is 1. The smallest absolute Gasteiger partial charge is 0.229 e. The molecular weight excluding hydrogens is 394 g/mol. The topological polar surface area (TPSA) is 75.9 Å². The van der Waals surface area contributed by atoms with Gasteiger partial charge in [-0.25, -0.2) is 13.8 Å². The molecule has 1 unspecified atom stereocenters. The predicted octanol–water partition coefficient (Wildman–Crippen LogP) is 1.85. The molecule has 30 heavy (non-hydrogen) atoms. The molecule has 2 atom stereocenters. The summed E-state index contributed by atoms with van der Waals surface area (Å²) in [4.78, 5) is 24.6. The Morgan fingerprint density at radius 3 is 2.97 bits per heavy atom. The van der Waals surface area contributed by atoms with Crippen LogP contribution >= 0.6 is 0 Å². The number of aromatic nitrogens is 4. The second-order valence-electron chi connectivity index (χ2n) is 7.48. The summed E-state index contributed by atoms with van der Waals surface area (Å²) in [5.41, 5.74) is 1.18. The molecule has 156 valence electrons. The first kappa shape index (κ1) is 18.7. The summed E-state index contributed by atoms with van der Waals surface area (Å²) in [5.74, 6) is -0.716. The number of nitrogens with zero attached hydrogens (tertiary/aromatic N) is 6. The maximum atomic E-state index is 15.1. The van der Waals surface area contributed by atoms with E-state index in [2.05, 4.69) is 15.1 Å². The van der Waals surface area contributed by atoms with Gasteiger partial charge in [0.05, 0.1) is 37.9 Å². The fraction of sp³-hybridized carbons (Fsp3) is 0.400. The van der Waals surface area contributed by atoms with E-state index < -0.39 is 17.9 Å². The molecule has 3 aromatic heterocycles. The zero-order valence-corrected chi connectivity index (χ0v) is 16.1. The summed E-state index contributed by atoms with van der Waals surface area (Å²) in [7, 11) is 0. The van der Waals surface area contributed by atoms with Crippen LogP contribution in [0.5, 0.6) is 5.75 Å². The van der Waals surface area contributed by atoms with E-state index >= 15 is 4.39 Å². The number of carbonyl (C=O) groups excluding carboxylic acids is 1. The van der Waals surface area contributed by atoms with Gasteiger partial charge in [0.2, 0.25) is 5.91 Å². The highest BCUT2D eigenvalue weighted by molar-refractivity contribution is 5.80. The van der Waals surface area contributed by atoms with Crippen molar-refractivity contribution in [3.63, 3.8) is 0 Å². The molecule has 0 aliphatic carbocycles. The normalized spacial score (nSPS) is 21.8. The number of pyridine rings is 1. The number of hydrogen-bond donors (Lipinski definition) is 0. The molecule has 1 saturated heterocycles. The first-order valence-electron chi connectivity index (χ1n) is 9.83. The van der Waals surface area contributed by atoms with Gasteiger partial charge in [-0.15, -0.1) is 0 Å². The molecule has 0 radical (unpaired) electrons. The van der Waals surface area contributed by atoms with Gasteiger partial charge in [0, 0.05) is 30.6 Å². The molecule has 2 aliphatic heterocycles. The number of fused-ring (bicyclic) bond motifs is 2. The second-order valence-corrected chi connectivity index (χ2v) is 7.48. The van der Waals surface area contributed by atoms with E-state index in [1.165, 1.54) is 11.1 Å². The van der Waals surface area contributed by atoms with Crippen LogP contribution in [-0.2, 0) is 11.3 Å². The van der Waals surface area contributed by atoms with Crippen LogP contribution in [0.1, 0.15) is 12.0 Å². The average molecular weight is 414 g/mol. The number of halogens is 2. The molecule has 0 spiro atoms. The Labute approximate surface area is 171 Å². The van der Waals surface area contributed by atoms with Crippen LogP contribution in [0, 0.1) is 11.7 Å². The second kappa shape index (κ2) is 7.51. The van der Waals surface area contributed by atoms with Crippen LogP contribution in [0.25, 0.3) is 5.65 Å². The van der Waals surface area contributed by atoms with Gasteiger partial charge in [0.15, 0.2) is 17.2 Å². The van der Waals surface area contributed by atoms with Crippen molar-refractivity contribution in [1.29, 1.82) is 0 Å². The lowest BCUT2D eigenvalue weighted by atomic mass is 9.93. The molecule has 0 saturated carbocycles. The quantitative estimate of drug-likeness (QED) is 0.637. The maximum Gasteiger partial charge on any atom is 0.229 e. The van der Waals surface area contributed by atoms with Crippen molar-refractivity contribution in [3.05, 3.63) is 48.3 Å². The number of anilines is 1. The molecule has 2 aliphatic rings. The Hall–Kier alpha value is -3.30. The van der Waals surface area contributed by atoms with Crippen LogP contribution in [0.4, 0.5) is 14.6 Å². The van der Waals surface area contributed by atoms with Gasteiger partial charge in [0.25, 0.3) is 0 Å². The maximum absolute atomic E-state index is 15.1. The molecule has 3 aromatic rings. The summed E-state index contributed by atoms with van der Waals surface area (Å²) in [6, 6.07) is 3.57. The minimum Gasteiger partial charge on any atom is -0.488 e. The third-order valence-corrected chi connectivity index (χ3v) is 5.66. The highest BCUT2D eigenvalue weighted by Crippen LogP contribution is 2.30. The van der Waals surface area contributed by atoms with Gasteiger partial charge < -0.3 is 14.5 Å². The van der Waals surface area contributed by atoms with Gasteiger partial charge in [0.1, 0.15) is 18.6 Å². The van der Waals surface area contributed by atoms with Crippen molar-refractivity contribution in [2.45, 2.75) is 19.1 Å². The Balaban J connectivity index is 1.31. The van der Waals surface area contributed by atoms with Gasteiger partial charge in [-0.2, -0.15) is 9.61 Å². The highest BCUT2D eigenvalue weighted by Gasteiger charge is 2.38. The van der Waals surface area contributed by atoms with E-state index in [4.69, 9.17) is 4.74 Å². The number of alkyl halides is 1. The predicted molar refractivity (Wildman–Crippen MR) is 103 cm³/mol. The first-order chi connectivity index (χ1) is 14.6. The van der Waals surface area contributed by atoms with E-state index in [1.807, 2.05) is 4.90 Å². The zero-order valence-electron chi connectivity index (χ0n) is 16.1. The molecule has 10 heteroatoms. The molecule has 0 aromatic carbocycles. The van der Waals surface area contributed by atoms with E-state index in [-0.39, 0.29) is 37.9 Å². The lowest BCUT2D eigenvalue weighted by molar-refractivity contribution is -0.139. The third kappa shape index (κ3) is 3.21. The van der Waals surface area contributed by atoms with Crippen molar-refractivity contribution in [3.8, 4) is 5.75 Å². The molecule has 8 nitrogen and oxygen atoms in total. The lowest BCUT2D eigenvalue weighted by Gasteiger charge is -2.37. The molecule has 1 fully saturated rings. The molecule has 0 bridgehead atoms. The summed E-state index contributed by atoms with van der Waals surface area (Å²) < 4.78 is 36.2. The van der Waals surface area contributed by atoms with Crippen molar-refractivity contribution < 1.29 is 18.3 Å². The van der Waals surface area contributed by atoms with Crippen molar-refractivity contribution >= 4 is 17.4 Å². The largest absolute Gasteiger partial charge is 0.488 e. The van der Waals surface area contributed by atoms with Crippen LogP contribution in [0.15, 0.2) is 36.9 Å². The fourth-order valence-electron chi connectivity index (χ4n) is 4.15. The van der Waals surface area contributed by atoms with Crippen LogP contribution in [0.2, 0.25) is 0 Å². The lowest BCUT2D eigenvalue weighted by Crippen LogP contribution is -2.49. The molecule has 5 heterocycles. The van der Waals surface area contributed by atoms with Crippen LogP contribution in [-0.4, -0.2) is 62.8 Å². The third-order valence-electron chi connectivity index (χ3n) is 5.66. The standard InChI is InChI=1S/C20H20F2N6O2/c21-15-10-23-9-13-11-27(7-8-30-19(13)15)20(29)14-3-6-26(12-16(14)22)18-2-4-24-17-1-5-25-28(17)18/h1-2,4-5,9-10,14,16H,3,6-8,11-12H2/t14?,16-/m0/s1. The van der Waals surface area contributed by atoms with E-state index in [9.17, 15) is 9.18 Å². The SMILES string of the molecule is O=C(C1CCN(c2ccnc3ccnn23)C[C@@H]1F)N1CCOc2c(F)cncc2C1. The van der Waals surface area contributed by atoms with Crippen molar-refractivity contribution in [1.82, 2.24) is 24.5 Å². The summed E-state index contributed by atoms with van der Waals surface area (Å²) in [6.07, 6.45) is 4.91. The number of piperidine rings is 1. The summed E-state index contributed by atoms with van der Waals surface area (Å²) >= 11 is 0. The average Bonchev–Trinajstić information content (AvgIpc) is 3.12. The van der Waals surface area contributed by atoms with Gasteiger partial charge in [-0.05, 0) is 12.5 Å². The minimum atomic E-state index is -1.33. The Kier molecular flexibility index (Phi) is 4.68. The van der Waals surface area contributed by atoms with Crippen molar-refractivity contribution in [2.24, 2.45) is 5.92 Å². The highest BCUT2D eigenvalue weighted by atomic mass is 19.1. The Morgan fingerprint density at radius 1 is 1.20 bits per heavy atom. The Bertz CT molecular complexity index is 1090. The fourth-order valence-corrected chi connectivity index (χ4v) is 4.15. The van der Waals surface area contributed by atoms with Gasteiger partial charge in [-0.1, -0.05) is 0 Å². The van der Waals surface area contributed by atoms with E-state index in [0.717, 1.165) is 12.0 Å². The number of carbonyl (C=O) groups is 1. The van der Waals surface area contributed by atoms with Gasteiger partial charge in [-0.3, -0.25) is 9.78 Å². The first-order valence-corrected chi connectivity index (χ1v) is 9.83. The molecule has 5 rings (SSSR count). The number of hydrogen-bond acceptors (Lipinski definition) is 6. The van der Waals surface area contributed by atoms with Crippen LogP contribution < -0.4 is 9.64 Å². The zero-order chi connectivity index (χ0) is 20.7. The number of rotatable bonds is 2. The van der Waals surface area contributed by atoms with Crippen molar-refractivity contribution in [2.75, 3.05) is 31.1 Å². The van der Waals surface area contributed by atoms with E-state index in [1.54, 1.807) is 29.0 Å². The molecule has 1 amide bonds.